The van der Waals surface area contributed by atoms with Crippen LogP contribution in [0.1, 0.15) is 5.56 Å². The average Bonchev–Trinajstić information content (AvgIpc) is 2.46. The van der Waals surface area contributed by atoms with Gasteiger partial charge in [-0.15, -0.1) is 0 Å². The number of rotatable bonds is 6. The third-order valence-corrected chi connectivity index (χ3v) is 4.41. The van der Waals surface area contributed by atoms with E-state index in [-0.39, 0.29) is 5.75 Å². The molecule has 1 aliphatic heterocycles. The number of nitrogens with one attached hydrogen (secondary N) is 2. The standard InChI is InChI=1S/C12H20N4O2S/c17-19(18,9-8-16-6-4-13-5-7-16)15-11-12-2-1-3-14-10-12/h1-3,10,13,15H,4-9,11H2. The monoisotopic (exact) mass is 284 g/mol. The van der Waals surface area contributed by atoms with Crippen LogP contribution in [0.25, 0.3) is 0 Å². The minimum absolute atomic E-state index is 0.146. The van der Waals surface area contributed by atoms with E-state index in [9.17, 15) is 8.42 Å². The van der Waals surface area contributed by atoms with Gasteiger partial charge in [-0.25, -0.2) is 13.1 Å². The van der Waals surface area contributed by atoms with Crippen LogP contribution in [-0.4, -0.2) is 56.8 Å². The van der Waals surface area contributed by atoms with Crippen molar-refractivity contribution in [3.63, 3.8) is 0 Å². The summed E-state index contributed by atoms with van der Waals surface area (Å²) in [6, 6.07) is 3.65. The summed E-state index contributed by atoms with van der Waals surface area (Å²) >= 11 is 0. The molecule has 2 N–H and O–H groups in total. The molecular formula is C12H20N4O2S. The molecule has 106 valence electrons. The molecule has 19 heavy (non-hydrogen) atoms. The van der Waals surface area contributed by atoms with Gasteiger partial charge in [-0.3, -0.25) is 9.88 Å². The molecule has 0 amide bonds. The Morgan fingerprint density at radius 1 is 1.37 bits per heavy atom. The minimum Gasteiger partial charge on any atom is -0.314 e. The van der Waals surface area contributed by atoms with Crippen LogP contribution in [-0.2, 0) is 16.6 Å². The summed E-state index contributed by atoms with van der Waals surface area (Å²) in [5.74, 6) is 0.146. The second-order valence-corrected chi connectivity index (χ2v) is 6.52. The summed E-state index contributed by atoms with van der Waals surface area (Å²) in [4.78, 5) is 6.12. The number of sulfonamides is 1. The molecule has 6 nitrogen and oxygen atoms in total. The molecule has 1 aliphatic rings. The zero-order chi connectivity index (χ0) is 13.6. The van der Waals surface area contributed by atoms with E-state index in [1.165, 1.54) is 0 Å². The molecule has 1 aromatic heterocycles. The van der Waals surface area contributed by atoms with Gasteiger partial charge in [-0.1, -0.05) is 6.07 Å². The van der Waals surface area contributed by atoms with E-state index >= 15 is 0 Å². The first-order chi connectivity index (χ1) is 9.16. The van der Waals surface area contributed by atoms with E-state index in [4.69, 9.17) is 0 Å². The Labute approximate surface area is 114 Å². The highest BCUT2D eigenvalue weighted by molar-refractivity contribution is 7.89. The Bertz CT molecular complexity index is 472. The van der Waals surface area contributed by atoms with Gasteiger partial charge in [-0.2, -0.15) is 0 Å². The van der Waals surface area contributed by atoms with Crippen molar-refractivity contribution in [3.8, 4) is 0 Å². The van der Waals surface area contributed by atoms with Crippen LogP contribution in [0.2, 0.25) is 0 Å². The molecule has 1 aromatic rings. The number of aromatic nitrogens is 1. The van der Waals surface area contributed by atoms with Crippen LogP contribution in [0.3, 0.4) is 0 Å². The van der Waals surface area contributed by atoms with Gasteiger partial charge < -0.3 is 5.32 Å². The van der Waals surface area contributed by atoms with Crippen molar-refractivity contribution in [1.82, 2.24) is 19.9 Å². The Morgan fingerprint density at radius 2 is 2.16 bits per heavy atom. The smallest absolute Gasteiger partial charge is 0.213 e. The van der Waals surface area contributed by atoms with Gasteiger partial charge in [0.2, 0.25) is 10.0 Å². The molecule has 7 heteroatoms. The third-order valence-electron chi connectivity index (χ3n) is 3.10. The summed E-state index contributed by atoms with van der Waals surface area (Å²) < 4.78 is 26.4. The molecule has 1 saturated heterocycles. The van der Waals surface area contributed by atoms with Crippen LogP contribution in [0.5, 0.6) is 0 Å². The Hall–Kier alpha value is -1.02. The van der Waals surface area contributed by atoms with Crippen LogP contribution in [0.15, 0.2) is 24.5 Å². The fourth-order valence-electron chi connectivity index (χ4n) is 1.95. The van der Waals surface area contributed by atoms with Gasteiger partial charge >= 0.3 is 0 Å². The number of nitrogens with zero attached hydrogens (tertiary/aromatic N) is 2. The van der Waals surface area contributed by atoms with Crippen molar-refractivity contribution in [3.05, 3.63) is 30.1 Å². The molecule has 0 aliphatic carbocycles. The summed E-state index contributed by atoms with van der Waals surface area (Å²) in [6.07, 6.45) is 3.33. The zero-order valence-corrected chi connectivity index (χ0v) is 11.7. The van der Waals surface area contributed by atoms with E-state index in [0.29, 0.717) is 13.1 Å². The molecule has 0 spiro atoms. The van der Waals surface area contributed by atoms with Gasteiger partial charge in [0.1, 0.15) is 0 Å². The number of piperazine rings is 1. The summed E-state index contributed by atoms with van der Waals surface area (Å²) in [5.41, 5.74) is 0.869. The topological polar surface area (TPSA) is 74.3 Å². The van der Waals surface area contributed by atoms with Gasteiger partial charge in [-0.05, 0) is 11.6 Å². The Balaban J connectivity index is 1.75. The highest BCUT2D eigenvalue weighted by Crippen LogP contribution is 1.98. The van der Waals surface area contributed by atoms with E-state index < -0.39 is 10.0 Å². The second-order valence-electron chi connectivity index (χ2n) is 4.59. The van der Waals surface area contributed by atoms with Crippen molar-refractivity contribution < 1.29 is 8.42 Å². The number of hydrogen-bond acceptors (Lipinski definition) is 5. The highest BCUT2D eigenvalue weighted by Gasteiger charge is 2.15. The third kappa shape index (κ3) is 5.23. The van der Waals surface area contributed by atoms with E-state index in [2.05, 4.69) is 19.9 Å². The van der Waals surface area contributed by atoms with Crippen LogP contribution in [0.4, 0.5) is 0 Å². The van der Waals surface area contributed by atoms with Gasteiger partial charge in [0.05, 0.1) is 5.75 Å². The normalized spacial score (nSPS) is 17.5. The maximum atomic E-state index is 11.9. The highest BCUT2D eigenvalue weighted by atomic mass is 32.2. The van der Waals surface area contributed by atoms with Crippen molar-refractivity contribution in [1.29, 1.82) is 0 Å². The molecule has 0 saturated carbocycles. The van der Waals surface area contributed by atoms with Crippen LogP contribution >= 0.6 is 0 Å². The lowest BCUT2D eigenvalue weighted by molar-refractivity contribution is 0.253. The molecular weight excluding hydrogens is 264 g/mol. The first-order valence-electron chi connectivity index (χ1n) is 6.45. The first kappa shape index (κ1) is 14.4. The molecule has 0 radical (unpaired) electrons. The fourth-order valence-corrected chi connectivity index (χ4v) is 2.98. The summed E-state index contributed by atoms with van der Waals surface area (Å²) in [5, 5.41) is 3.24. The Kier molecular flexibility index (Phi) is 5.26. The molecule has 0 bridgehead atoms. The van der Waals surface area contributed by atoms with Crippen molar-refractivity contribution in [2.45, 2.75) is 6.54 Å². The van der Waals surface area contributed by atoms with E-state index in [0.717, 1.165) is 31.7 Å². The Morgan fingerprint density at radius 3 is 2.84 bits per heavy atom. The van der Waals surface area contributed by atoms with Crippen molar-refractivity contribution in [2.75, 3.05) is 38.5 Å². The quantitative estimate of drug-likeness (QED) is 0.730. The van der Waals surface area contributed by atoms with Gasteiger partial charge in [0.25, 0.3) is 0 Å². The van der Waals surface area contributed by atoms with Crippen LogP contribution in [0, 0.1) is 0 Å². The maximum Gasteiger partial charge on any atom is 0.213 e. The lowest BCUT2D eigenvalue weighted by Gasteiger charge is -2.26. The molecule has 2 heterocycles. The predicted octanol–water partition coefficient (Wildman–Crippen LogP) is -0.594. The largest absolute Gasteiger partial charge is 0.314 e. The fraction of sp³-hybridized carbons (Fsp3) is 0.583. The first-order valence-corrected chi connectivity index (χ1v) is 8.10. The molecule has 2 rings (SSSR count). The SMILES string of the molecule is O=S(=O)(CCN1CCNCC1)NCc1cccnc1. The maximum absolute atomic E-state index is 11.9. The van der Waals surface area contributed by atoms with Crippen LogP contribution < -0.4 is 10.0 Å². The van der Waals surface area contributed by atoms with Gasteiger partial charge in [0.15, 0.2) is 0 Å². The summed E-state index contributed by atoms with van der Waals surface area (Å²) in [6.45, 7) is 4.59. The average molecular weight is 284 g/mol. The lowest BCUT2D eigenvalue weighted by atomic mass is 10.3. The second kappa shape index (κ2) is 6.95. The number of hydrogen-bond donors (Lipinski definition) is 2. The summed E-state index contributed by atoms with van der Waals surface area (Å²) in [7, 11) is -3.22. The molecule has 1 fully saturated rings. The molecule has 0 unspecified atom stereocenters. The lowest BCUT2D eigenvalue weighted by Crippen LogP contribution is -2.45. The van der Waals surface area contributed by atoms with Gasteiger partial charge in [0, 0.05) is 51.7 Å². The van der Waals surface area contributed by atoms with E-state index in [1.807, 2.05) is 6.07 Å². The minimum atomic E-state index is -3.22. The predicted molar refractivity (Wildman–Crippen MR) is 74.2 cm³/mol. The number of pyridine rings is 1. The van der Waals surface area contributed by atoms with E-state index in [1.54, 1.807) is 18.5 Å². The zero-order valence-electron chi connectivity index (χ0n) is 10.9. The van der Waals surface area contributed by atoms with Crippen molar-refractivity contribution in [2.24, 2.45) is 0 Å². The molecule has 0 aromatic carbocycles. The van der Waals surface area contributed by atoms with Crippen molar-refractivity contribution >= 4 is 10.0 Å². The molecule has 0 atom stereocenters.